The Labute approximate surface area is 99.4 Å². The van der Waals surface area contributed by atoms with Gasteiger partial charge in [-0.25, -0.2) is 4.98 Å². The van der Waals surface area contributed by atoms with Crippen LogP contribution in [0.15, 0.2) is 24.5 Å². The fraction of sp³-hybridized carbons (Fsp3) is 0.333. The molecular formula is C12H15N3S. The number of hydrogen-bond acceptors (Lipinski definition) is 4. The van der Waals surface area contributed by atoms with Gasteiger partial charge in [-0.3, -0.25) is 4.98 Å². The SMILES string of the molecule is Cc1nc(-c2ccncc2)sc1C(C)CN. The summed E-state index contributed by atoms with van der Waals surface area (Å²) in [6, 6.07) is 3.96. The zero-order valence-corrected chi connectivity index (χ0v) is 10.3. The molecule has 2 N–H and O–H groups in total. The lowest BCUT2D eigenvalue weighted by molar-refractivity contribution is 0.780. The van der Waals surface area contributed by atoms with Crippen molar-refractivity contribution in [3.8, 4) is 10.6 Å². The molecule has 0 aromatic carbocycles. The molecule has 0 fully saturated rings. The van der Waals surface area contributed by atoms with Crippen molar-refractivity contribution in [2.24, 2.45) is 5.73 Å². The Balaban J connectivity index is 2.38. The molecule has 0 saturated carbocycles. The second kappa shape index (κ2) is 4.72. The molecule has 84 valence electrons. The van der Waals surface area contributed by atoms with E-state index in [2.05, 4.69) is 16.9 Å². The highest BCUT2D eigenvalue weighted by atomic mass is 32.1. The van der Waals surface area contributed by atoms with Gasteiger partial charge < -0.3 is 5.73 Å². The molecule has 3 nitrogen and oxygen atoms in total. The molecule has 0 spiro atoms. The summed E-state index contributed by atoms with van der Waals surface area (Å²) in [5.41, 5.74) is 7.91. The van der Waals surface area contributed by atoms with Crippen LogP contribution < -0.4 is 5.73 Å². The number of aromatic nitrogens is 2. The van der Waals surface area contributed by atoms with Crippen LogP contribution in [0.25, 0.3) is 10.6 Å². The van der Waals surface area contributed by atoms with Gasteiger partial charge in [0.15, 0.2) is 0 Å². The van der Waals surface area contributed by atoms with Crippen LogP contribution >= 0.6 is 11.3 Å². The Morgan fingerprint density at radius 2 is 2.06 bits per heavy atom. The maximum absolute atomic E-state index is 5.69. The van der Waals surface area contributed by atoms with Gasteiger partial charge in [-0.2, -0.15) is 0 Å². The second-order valence-electron chi connectivity index (χ2n) is 3.84. The van der Waals surface area contributed by atoms with Crippen molar-refractivity contribution in [1.82, 2.24) is 9.97 Å². The van der Waals surface area contributed by atoms with Crippen LogP contribution in [-0.4, -0.2) is 16.5 Å². The summed E-state index contributed by atoms with van der Waals surface area (Å²) in [5.74, 6) is 0.382. The third kappa shape index (κ3) is 2.13. The zero-order chi connectivity index (χ0) is 11.5. The number of rotatable bonds is 3. The summed E-state index contributed by atoms with van der Waals surface area (Å²) in [4.78, 5) is 9.88. The third-order valence-corrected chi connectivity index (χ3v) is 4.00. The number of aryl methyl sites for hydroxylation is 1. The van der Waals surface area contributed by atoms with Crippen molar-refractivity contribution < 1.29 is 0 Å². The molecule has 0 aliphatic carbocycles. The predicted octanol–water partition coefficient (Wildman–Crippen LogP) is 2.58. The van der Waals surface area contributed by atoms with Crippen LogP contribution in [-0.2, 0) is 0 Å². The number of thiazole rings is 1. The molecule has 2 heterocycles. The van der Waals surface area contributed by atoms with E-state index < -0.39 is 0 Å². The zero-order valence-electron chi connectivity index (χ0n) is 9.47. The van der Waals surface area contributed by atoms with Gasteiger partial charge in [0.05, 0.1) is 5.69 Å². The van der Waals surface area contributed by atoms with E-state index in [0.717, 1.165) is 16.3 Å². The Morgan fingerprint density at radius 1 is 1.38 bits per heavy atom. The lowest BCUT2D eigenvalue weighted by atomic mass is 10.1. The van der Waals surface area contributed by atoms with Crippen LogP contribution in [0.1, 0.15) is 23.4 Å². The van der Waals surface area contributed by atoms with Crippen molar-refractivity contribution in [2.75, 3.05) is 6.54 Å². The Bertz CT molecular complexity index is 464. The molecule has 0 amide bonds. The summed E-state index contributed by atoms with van der Waals surface area (Å²) in [6.07, 6.45) is 3.58. The summed E-state index contributed by atoms with van der Waals surface area (Å²) in [5, 5.41) is 1.05. The smallest absolute Gasteiger partial charge is 0.123 e. The number of pyridine rings is 1. The van der Waals surface area contributed by atoms with Gasteiger partial charge >= 0.3 is 0 Å². The Hall–Kier alpha value is -1.26. The summed E-state index contributed by atoms with van der Waals surface area (Å²) in [7, 11) is 0. The predicted molar refractivity (Wildman–Crippen MR) is 67.6 cm³/mol. The first-order valence-electron chi connectivity index (χ1n) is 5.30. The average molecular weight is 233 g/mol. The van der Waals surface area contributed by atoms with E-state index in [4.69, 9.17) is 5.73 Å². The fourth-order valence-corrected chi connectivity index (χ4v) is 2.73. The minimum Gasteiger partial charge on any atom is -0.330 e. The van der Waals surface area contributed by atoms with E-state index in [9.17, 15) is 0 Å². The molecule has 2 aromatic heterocycles. The van der Waals surface area contributed by atoms with Crippen LogP contribution in [0.2, 0.25) is 0 Å². The molecular weight excluding hydrogens is 218 g/mol. The van der Waals surface area contributed by atoms with Gasteiger partial charge in [0.2, 0.25) is 0 Å². The van der Waals surface area contributed by atoms with E-state index in [1.807, 2.05) is 19.1 Å². The molecule has 4 heteroatoms. The maximum atomic E-state index is 5.69. The first-order valence-corrected chi connectivity index (χ1v) is 6.11. The minimum absolute atomic E-state index is 0.382. The molecule has 16 heavy (non-hydrogen) atoms. The standard InChI is InChI=1S/C12H15N3S/c1-8(7-13)11-9(2)15-12(16-11)10-3-5-14-6-4-10/h3-6,8H,7,13H2,1-2H3. The third-order valence-electron chi connectivity index (χ3n) is 2.56. The van der Waals surface area contributed by atoms with Crippen molar-refractivity contribution >= 4 is 11.3 Å². The van der Waals surface area contributed by atoms with Gasteiger partial charge in [0, 0.05) is 28.8 Å². The van der Waals surface area contributed by atoms with E-state index in [1.165, 1.54) is 4.88 Å². The lowest BCUT2D eigenvalue weighted by Gasteiger charge is -2.04. The maximum Gasteiger partial charge on any atom is 0.123 e. The molecule has 0 aliphatic rings. The van der Waals surface area contributed by atoms with Gasteiger partial charge in [0.1, 0.15) is 5.01 Å². The summed E-state index contributed by atoms with van der Waals surface area (Å²) < 4.78 is 0. The van der Waals surface area contributed by atoms with Crippen LogP contribution in [0.3, 0.4) is 0 Å². The molecule has 0 radical (unpaired) electrons. The number of nitrogens with two attached hydrogens (primary N) is 1. The van der Waals surface area contributed by atoms with Crippen molar-refractivity contribution in [1.29, 1.82) is 0 Å². The van der Waals surface area contributed by atoms with Gasteiger partial charge in [-0.15, -0.1) is 11.3 Å². The van der Waals surface area contributed by atoms with Gasteiger partial charge in [0.25, 0.3) is 0 Å². The topological polar surface area (TPSA) is 51.8 Å². The van der Waals surface area contributed by atoms with Crippen molar-refractivity contribution in [3.63, 3.8) is 0 Å². The lowest BCUT2D eigenvalue weighted by Crippen LogP contribution is -2.08. The summed E-state index contributed by atoms with van der Waals surface area (Å²) in [6.45, 7) is 4.85. The first kappa shape index (κ1) is 11.2. The number of hydrogen-bond donors (Lipinski definition) is 1. The van der Waals surface area contributed by atoms with Crippen LogP contribution in [0.4, 0.5) is 0 Å². The number of nitrogens with zero attached hydrogens (tertiary/aromatic N) is 2. The second-order valence-corrected chi connectivity index (χ2v) is 4.87. The minimum atomic E-state index is 0.382. The van der Waals surface area contributed by atoms with Crippen molar-refractivity contribution in [2.45, 2.75) is 19.8 Å². The molecule has 0 aliphatic heterocycles. The highest BCUT2D eigenvalue weighted by Crippen LogP contribution is 2.31. The molecule has 2 rings (SSSR count). The molecule has 1 atom stereocenters. The quantitative estimate of drug-likeness (QED) is 0.886. The highest BCUT2D eigenvalue weighted by Gasteiger charge is 2.13. The molecule has 2 aromatic rings. The molecule has 0 bridgehead atoms. The van der Waals surface area contributed by atoms with E-state index in [0.29, 0.717) is 12.5 Å². The highest BCUT2D eigenvalue weighted by molar-refractivity contribution is 7.15. The van der Waals surface area contributed by atoms with Crippen LogP contribution in [0, 0.1) is 6.92 Å². The molecule has 0 saturated heterocycles. The Morgan fingerprint density at radius 3 is 2.69 bits per heavy atom. The van der Waals surface area contributed by atoms with Crippen LogP contribution in [0.5, 0.6) is 0 Å². The largest absolute Gasteiger partial charge is 0.330 e. The monoisotopic (exact) mass is 233 g/mol. The van der Waals surface area contributed by atoms with Gasteiger partial charge in [-0.1, -0.05) is 6.92 Å². The fourth-order valence-electron chi connectivity index (χ4n) is 1.59. The van der Waals surface area contributed by atoms with Crippen molar-refractivity contribution in [3.05, 3.63) is 35.1 Å². The van der Waals surface area contributed by atoms with E-state index in [-0.39, 0.29) is 0 Å². The normalized spacial score (nSPS) is 12.7. The van der Waals surface area contributed by atoms with E-state index in [1.54, 1.807) is 23.7 Å². The average Bonchev–Trinajstić information content (AvgIpc) is 2.71. The first-order chi connectivity index (χ1) is 7.72. The van der Waals surface area contributed by atoms with Gasteiger partial charge in [-0.05, 0) is 25.6 Å². The Kier molecular flexibility index (Phi) is 3.31. The molecule has 1 unspecified atom stereocenters. The summed E-state index contributed by atoms with van der Waals surface area (Å²) >= 11 is 1.73. The van der Waals surface area contributed by atoms with E-state index >= 15 is 0 Å².